The Balaban J connectivity index is 1.76. The van der Waals surface area contributed by atoms with Crippen LogP contribution < -0.4 is 0 Å². The van der Waals surface area contributed by atoms with Crippen molar-refractivity contribution in [3.05, 3.63) is 89.0 Å². The number of para-hydroxylation sites is 1. The van der Waals surface area contributed by atoms with Crippen molar-refractivity contribution in [2.24, 2.45) is 0 Å². The summed E-state index contributed by atoms with van der Waals surface area (Å²) in [7, 11) is 0. The van der Waals surface area contributed by atoms with Crippen LogP contribution in [0.1, 0.15) is 11.1 Å². The maximum absolute atomic E-state index is 4.13. The van der Waals surface area contributed by atoms with Crippen LogP contribution in [0.2, 0.25) is 0 Å². The number of imidazole rings is 1. The van der Waals surface area contributed by atoms with Gasteiger partial charge in [-0.05, 0) is 23.3 Å². The standard InChI is InChI=1S/C19H16BrN3/c20-18-7-3-1-5-15(18)12-23-13-16(11-22-10-9-21-14-22)17-6-2-4-8-19(17)23/h1-10,13-14H,11-12H2. The highest BCUT2D eigenvalue weighted by atomic mass is 79.9. The Labute approximate surface area is 143 Å². The molecule has 0 amide bonds. The molecule has 2 aromatic carbocycles. The topological polar surface area (TPSA) is 22.8 Å². The van der Waals surface area contributed by atoms with E-state index in [-0.39, 0.29) is 0 Å². The van der Waals surface area contributed by atoms with Gasteiger partial charge in [0.2, 0.25) is 0 Å². The van der Waals surface area contributed by atoms with E-state index in [1.54, 1.807) is 0 Å². The second-order valence-corrected chi connectivity index (χ2v) is 6.48. The normalized spacial score (nSPS) is 11.2. The number of aromatic nitrogens is 3. The molecule has 0 saturated carbocycles. The molecule has 0 N–H and O–H groups in total. The molecule has 4 aromatic rings. The summed E-state index contributed by atoms with van der Waals surface area (Å²) in [5, 5.41) is 1.30. The Morgan fingerprint density at radius 1 is 0.913 bits per heavy atom. The Hall–Kier alpha value is -2.33. The van der Waals surface area contributed by atoms with E-state index in [9.17, 15) is 0 Å². The van der Waals surface area contributed by atoms with Crippen LogP contribution in [0.4, 0.5) is 0 Å². The number of rotatable bonds is 4. The van der Waals surface area contributed by atoms with Gasteiger partial charge in [-0.2, -0.15) is 0 Å². The minimum Gasteiger partial charge on any atom is -0.343 e. The number of nitrogens with zero attached hydrogens (tertiary/aromatic N) is 3. The van der Waals surface area contributed by atoms with Crippen molar-refractivity contribution in [1.29, 1.82) is 0 Å². The van der Waals surface area contributed by atoms with Crippen LogP contribution >= 0.6 is 15.9 Å². The smallest absolute Gasteiger partial charge is 0.0949 e. The largest absolute Gasteiger partial charge is 0.343 e. The third-order valence-corrected chi connectivity index (χ3v) is 4.86. The monoisotopic (exact) mass is 365 g/mol. The lowest BCUT2D eigenvalue weighted by Gasteiger charge is -2.07. The fourth-order valence-electron chi connectivity index (χ4n) is 2.97. The van der Waals surface area contributed by atoms with E-state index in [1.165, 1.54) is 22.0 Å². The van der Waals surface area contributed by atoms with Crippen LogP contribution in [0.3, 0.4) is 0 Å². The summed E-state index contributed by atoms with van der Waals surface area (Å²) < 4.78 is 5.57. The molecule has 0 atom stereocenters. The molecule has 0 unspecified atom stereocenters. The quantitative estimate of drug-likeness (QED) is 0.514. The number of fused-ring (bicyclic) bond motifs is 1. The molecule has 2 heterocycles. The number of benzene rings is 2. The summed E-state index contributed by atoms with van der Waals surface area (Å²) in [5.41, 5.74) is 3.85. The van der Waals surface area contributed by atoms with Crippen molar-refractivity contribution < 1.29 is 0 Å². The third kappa shape index (κ3) is 2.82. The Morgan fingerprint density at radius 3 is 2.57 bits per heavy atom. The van der Waals surface area contributed by atoms with E-state index in [0.29, 0.717) is 0 Å². The summed E-state index contributed by atoms with van der Waals surface area (Å²) in [6.45, 7) is 1.69. The van der Waals surface area contributed by atoms with E-state index in [1.807, 2.05) is 24.8 Å². The predicted molar refractivity (Wildman–Crippen MR) is 96.5 cm³/mol. The van der Waals surface area contributed by atoms with E-state index >= 15 is 0 Å². The van der Waals surface area contributed by atoms with Crippen molar-refractivity contribution >= 4 is 26.8 Å². The zero-order valence-electron chi connectivity index (χ0n) is 12.6. The minimum atomic E-state index is 0.837. The van der Waals surface area contributed by atoms with E-state index in [2.05, 4.69) is 78.7 Å². The lowest BCUT2D eigenvalue weighted by Crippen LogP contribution is -1.99. The molecule has 0 fully saturated rings. The lowest BCUT2D eigenvalue weighted by atomic mass is 10.2. The molecular formula is C19H16BrN3. The first-order chi connectivity index (χ1) is 11.3. The van der Waals surface area contributed by atoms with E-state index < -0.39 is 0 Å². The molecular weight excluding hydrogens is 350 g/mol. The molecule has 0 aliphatic heterocycles. The molecule has 0 radical (unpaired) electrons. The van der Waals surface area contributed by atoms with Crippen LogP contribution in [0.5, 0.6) is 0 Å². The van der Waals surface area contributed by atoms with Gasteiger partial charge in [0, 0.05) is 40.5 Å². The molecule has 114 valence electrons. The van der Waals surface area contributed by atoms with Gasteiger partial charge in [-0.3, -0.25) is 0 Å². The van der Waals surface area contributed by atoms with Gasteiger partial charge in [-0.1, -0.05) is 52.3 Å². The fraction of sp³-hybridized carbons (Fsp3) is 0.105. The van der Waals surface area contributed by atoms with Gasteiger partial charge in [0.25, 0.3) is 0 Å². The third-order valence-electron chi connectivity index (χ3n) is 4.08. The predicted octanol–water partition coefficient (Wildman–Crippen LogP) is 4.70. The zero-order valence-corrected chi connectivity index (χ0v) is 14.1. The molecule has 0 saturated heterocycles. The molecule has 0 aliphatic carbocycles. The first kappa shape index (κ1) is 14.3. The summed E-state index contributed by atoms with van der Waals surface area (Å²) >= 11 is 3.65. The Kier molecular flexibility index (Phi) is 3.75. The van der Waals surface area contributed by atoms with Crippen molar-refractivity contribution in [2.45, 2.75) is 13.1 Å². The molecule has 23 heavy (non-hydrogen) atoms. The highest BCUT2D eigenvalue weighted by molar-refractivity contribution is 9.10. The van der Waals surface area contributed by atoms with Gasteiger partial charge in [-0.15, -0.1) is 0 Å². The maximum Gasteiger partial charge on any atom is 0.0949 e. The molecule has 3 nitrogen and oxygen atoms in total. The van der Waals surface area contributed by atoms with Crippen LogP contribution in [-0.2, 0) is 13.1 Å². The van der Waals surface area contributed by atoms with Gasteiger partial charge < -0.3 is 9.13 Å². The number of hydrogen-bond donors (Lipinski definition) is 0. The van der Waals surface area contributed by atoms with Crippen LogP contribution in [-0.4, -0.2) is 14.1 Å². The summed E-state index contributed by atoms with van der Waals surface area (Å²) in [6.07, 6.45) is 7.93. The Bertz CT molecular complexity index is 938. The number of halogens is 1. The molecule has 0 aliphatic rings. The summed E-state index contributed by atoms with van der Waals surface area (Å²) in [6, 6.07) is 17.0. The van der Waals surface area contributed by atoms with Crippen molar-refractivity contribution in [3.8, 4) is 0 Å². The van der Waals surface area contributed by atoms with Crippen molar-refractivity contribution in [2.75, 3.05) is 0 Å². The van der Waals surface area contributed by atoms with Crippen LogP contribution in [0, 0.1) is 0 Å². The Morgan fingerprint density at radius 2 is 1.74 bits per heavy atom. The van der Waals surface area contributed by atoms with E-state index in [0.717, 1.165) is 17.6 Å². The second-order valence-electron chi connectivity index (χ2n) is 5.63. The molecule has 4 heteroatoms. The average Bonchev–Trinajstić information content (AvgIpc) is 3.19. The summed E-state index contributed by atoms with van der Waals surface area (Å²) in [4.78, 5) is 4.13. The molecule has 2 aromatic heterocycles. The van der Waals surface area contributed by atoms with Gasteiger partial charge in [-0.25, -0.2) is 4.98 Å². The average molecular weight is 366 g/mol. The van der Waals surface area contributed by atoms with Crippen LogP contribution in [0.25, 0.3) is 10.9 Å². The molecule has 4 rings (SSSR count). The lowest BCUT2D eigenvalue weighted by molar-refractivity contribution is 0.782. The van der Waals surface area contributed by atoms with Crippen molar-refractivity contribution in [3.63, 3.8) is 0 Å². The number of hydrogen-bond acceptors (Lipinski definition) is 1. The van der Waals surface area contributed by atoms with Gasteiger partial charge >= 0.3 is 0 Å². The van der Waals surface area contributed by atoms with Gasteiger partial charge in [0.15, 0.2) is 0 Å². The minimum absolute atomic E-state index is 0.837. The molecule has 0 bridgehead atoms. The van der Waals surface area contributed by atoms with Crippen LogP contribution in [0.15, 0.2) is 77.9 Å². The van der Waals surface area contributed by atoms with Gasteiger partial charge in [0.1, 0.15) is 0 Å². The molecule has 0 spiro atoms. The summed E-state index contributed by atoms with van der Waals surface area (Å²) in [5.74, 6) is 0. The van der Waals surface area contributed by atoms with Gasteiger partial charge in [0.05, 0.1) is 12.9 Å². The first-order valence-corrected chi connectivity index (χ1v) is 8.36. The fourth-order valence-corrected chi connectivity index (χ4v) is 3.38. The maximum atomic E-state index is 4.13. The highest BCUT2D eigenvalue weighted by Gasteiger charge is 2.10. The van der Waals surface area contributed by atoms with E-state index in [4.69, 9.17) is 0 Å². The highest BCUT2D eigenvalue weighted by Crippen LogP contribution is 2.25. The second kappa shape index (κ2) is 6.05. The zero-order chi connectivity index (χ0) is 15.6. The first-order valence-electron chi connectivity index (χ1n) is 7.57. The SMILES string of the molecule is Brc1ccccc1Cn1cc(Cn2ccnc2)c2ccccc21. The van der Waals surface area contributed by atoms with Crippen molar-refractivity contribution in [1.82, 2.24) is 14.1 Å².